The summed E-state index contributed by atoms with van der Waals surface area (Å²) in [4.78, 5) is 0. The Hall–Kier alpha value is -9.82. The largest absolute Gasteiger partial charge is 0.494 e. The van der Waals surface area contributed by atoms with E-state index in [9.17, 15) is 0 Å². The zero-order chi connectivity index (χ0) is 67.9. The normalized spacial score (nSPS) is 12.9. The molecule has 12 heteroatoms. The van der Waals surface area contributed by atoms with Crippen LogP contribution in [-0.4, -0.2) is 96.1 Å². The molecule has 0 unspecified atom stereocenters. The van der Waals surface area contributed by atoms with Gasteiger partial charge in [0.1, 0.15) is 55.2 Å². The van der Waals surface area contributed by atoms with E-state index < -0.39 is 10.8 Å². The van der Waals surface area contributed by atoms with Crippen molar-refractivity contribution in [2.24, 2.45) is 0 Å². The van der Waals surface area contributed by atoms with E-state index in [0.29, 0.717) is 97.7 Å². The van der Waals surface area contributed by atoms with Crippen LogP contribution in [0.1, 0.15) is 93.4 Å². The summed E-state index contributed by atoms with van der Waals surface area (Å²) in [6.07, 6.45) is 10.1. The molecule has 0 saturated carbocycles. The zero-order valence-corrected chi connectivity index (χ0v) is 57.4. The number of benzene rings is 10. The first-order valence-corrected chi connectivity index (χ1v) is 35.8. The van der Waals surface area contributed by atoms with Gasteiger partial charge in [0.25, 0.3) is 0 Å². The van der Waals surface area contributed by atoms with E-state index in [1.54, 1.807) is 0 Å². The summed E-state index contributed by atoms with van der Waals surface area (Å²) in [5.74, 6) is 4.95. The quantitative estimate of drug-likeness (QED) is 0.0340. The summed E-state index contributed by atoms with van der Waals surface area (Å²) < 4.78 is 63.3. The zero-order valence-electron chi connectivity index (χ0n) is 57.4. The number of aromatic nitrogens is 2. The lowest BCUT2D eigenvalue weighted by Gasteiger charge is -2.33. The Kier molecular flexibility index (Phi) is 23.9. The highest BCUT2D eigenvalue weighted by molar-refractivity contribution is 5.88. The molecule has 10 aromatic carbocycles. The maximum Gasteiger partial charge on any atom is 0.248 e. The van der Waals surface area contributed by atoms with Gasteiger partial charge in [-0.15, -0.1) is 10.2 Å². The molecule has 0 bridgehead atoms. The Morgan fingerprint density at radius 2 is 0.590 bits per heavy atom. The first-order chi connectivity index (χ1) is 49.5. The summed E-state index contributed by atoms with van der Waals surface area (Å²) in [7, 11) is 0. The topological polar surface area (TPSA) is 122 Å². The third-order valence-corrected chi connectivity index (χ3v) is 19.3. The number of rotatable bonds is 40. The van der Waals surface area contributed by atoms with E-state index in [4.69, 9.17) is 57.2 Å². The van der Waals surface area contributed by atoms with Gasteiger partial charge in [-0.2, -0.15) is 0 Å². The van der Waals surface area contributed by atoms with Crippen LogP contribution in [0, 0.1) is 0 Å². The molecule has 0 radical (unpaired) electrons. The third-order valence-electron chi connectivity index (χ3n) is 19.3. The van der Waals surface area contributed by atoms with Crippen LogP contribution in [0.5, 0.6) is 28.7 Å². The molecule has 2 aliphatic rings. The molecule has 0 N–H and O–H groups in total. The molecule has 1 aromatic heterocycles. The molecule has 13 rings (SSSR count). The smallest absolute Gasteiger partial charge is 0.248 e. The van der Waals surface area contributed by atoms with Crippen molar-refractivity contribution in [1.29, 1.82) is 0 Å². The summed E-state index contributed by atoms with van der Waals surface area (Å²) in [6.45, 7) is 8.53. The summed E-state index contributed by atoms with van der Waals surface area (Å²) in [6, 6.07) is 85.9. The molecule has 1 heterocycles. The number of fused-ring (bicyclic) bond motifs is 6. The van der Waals surface area contributed by atoms with Gasteiger partial charge >= 0.3 is 0 Å². The Bertz CT molecular complexity index is 3990. The van der Waals surface area contributed by atoms with Crippen LogP contribution in [0.3, 0.4) is 0 Å². The van der Waals surface area contributed by atoms with Crippen LogP contribution in [0.15, 0.2) is 253 Å². The van der Waals surface area contributed by atoms with Crippen molar-refractivity contribution in [2.75, 3.05) is 85.9 Å². The average Bonchev–Trinajstić information content (AvgIpc) is 1.57. The van der Waals surface area contributed by atoms with Gasteiger partial charge in [0.2, 0.25) is 11.8 Å². The third kappa shape index (κ3) is 17.1. The van der Waals surface area contributed by atoms with Crippen molar-refractivity contribution >= 4 is 0 Å². The van der Waals surface area contributed by atoms with Gasteiger partial charge in [0.15, 0.2) is 0 Å². The highest BCUT2D eigenvalue weighted by Gasteiger charge is 2.44. The van der Waals surface area contributed by atoms with Crippen molar-refractivity contribution in [3.8, 4) is 96.2 Å². The van der Waals surface area contributed by atoms with E-state index >= 15 is 0 Å². The molecule has 12 nitrogen and oxygen atoms in total. The Morgan fingerprint density at radius 3 is 1.01 bits per heavy atom. The van der Waals surface area contributed by atoms with Gasteiger partial charge in [0, 0.05) is 48.4 Å². The Labute approximate surface area is 589 Å². The second kappa shape index (κ2) is 34.8. The minimum absolute atomic E-state index is 0.413. The lowest BCUT2D eigenvalue weighted by molar-refractivity contribution is 0.0706. The van der Waals surface area contributed by atoms with E-state index in [2.05, 4.69) is 110 Å². The van der Waals surface area contributed by atoms with Gasteiger partial charge in [0.05, 0.1) is 33.0 Å². The van der Waals surface area contributed by atoms with Crippen LogP contribution in [0.2, 0.25) is 0 Å². The number of ether oxygens (including phenoxy) is 9. The van der Waals surface area contributed by atoms with Crippen molar-refractivity contribution < 1.29 is 47.0 Å². The molecule has 0 atom stereocenters. The number of nitrogens with zero attached hydrogens (tertiary/aromatic N) is 2. The molecule has 512 valence electrons. The van der Waals surface area contributed by atoms with Crippen LogP contribution in [0.4, 0.5) is 0 Å². The van der Waals surface area contributed by atoms with Crippen molar-refractivity contribution in [2.45, 2.75) is 82.0 Å². The predicted molar refractivity (Wildman–Crippen MR) is 397 cm³/mol. The minimum atomic E-state index is -0.464. The lowest BCUT2D eigenvalue weighted by atomic mass is 9.72. The van der Waals surface area contributed by atoms with Crippen LogP contribution < -0.4 is 23.7 Å². The fourth-order valence-corrected chi connectivity index (χ4v) is 14.2. The van der Waals surface area contributed by atoms with Gasteiger partial charge in [-0.3, -0.25) is 0 Å². The molecular weight excluding hydrogens is 1240 g/mol. The van der Waals surface area contributed by atoms with Crippen LogP contribution >= 0.6 is 0 Å². The molecule has 100 heavy (non-hydrogen) atoms. The fraction of sp³-hybridized carbons (Fsp3) is 0.295. The number of unbranched alkanes of at least 4 members (excludes halogenated alkanes) is 5. The van der Waals surface area contributed by atoms with E-state index in [1.807, 2.05) is 146 Å². The molecule has 0 spiro atoms. The maximum absolute atomic E-state index is 6.76. The summed E-state index contributed by atoms with van der Waals surface area (Å²) in [5.41, 5.74) is 14.6. The number of hydrogen-bond acceptors (Lipinski definition) is 12. The highest BCUT2D eigenvalue weighted by atomic mass is 16.5. The molecule has 11 aromatic rings. The summed E-state index contributed by atoms with van der Waals surface area (Å²) in [5, 5.41) is 9.51. The van der Waals surface area contributed by atoms with E-state index in [-0.39, 0.29) is 0 Å². The first kappa shape index (κ1) is 68.7. The molecule has 0 saturated heterocycles. The predicted octanol–water partition coefficient (Wildman–Crippen LogP) is 20.0. The van der Waals surface area contributed by atoms with Crippen molar-refractivity contribution in [1.82, 2.24) is 10.2 Å². The average molecular weight is 1340 g/mol. The number of para-hydroxylation sites is 4. The highest BCUT2D eigenvalue weighted by Crippen LogP contribution is 2.56. The number of hydrogen-bond donors (Lipinski definition) is 0. The Balaban J connectivity index is 0.847. The fourth-order valence-electron chi connectivity index (χ4n) is 14.2. The first-order valence-electron chi connectivity index (χ1n) is 35.8. The molecule has 2 aliphatic carbocycles. The van der Waals surface area contributed by atoms with Gasteiger partial charge < -0.3 is 47.0 Å². The second-order valence-corrected chi connectivity index (χ2v) is 25.7. The molecule has 0 amide bonds. The van der Waals surface area contributed by atoms with Crippen LogP contribution in [-0.2, 0) is 29.8 Å². The van der Waals surface area contributed by atoms with E-state index in [0.717, 1.165) is 94.2 Å². The molecule has 0 aliphatic heterocycles. The maximum atomic E-state index is 6.76. The SMILES string of the molecule is CCCCCCCCOc1ccc(-c2nnc(-c3cc(-c4ccc5c(c4)C(CCOCCOc4ccccc4)(CCOCCOc4ccccc4)c4ccccc4-5)cc(-c4ccc5c(c4)C(CCOCCOc4ccccc4)(CCOCCOc4ccccc4)c4ccccc4-5)c3)o2)cc1. The van der Waals surface area contributed by atoms with Crippen LogP contribution in [0.25, 0.3) is 67.4 Å². The van der Waals surface area contributed by atoms with Gasteiger partial charge in [-0.25, -0.2) is 0 Å². The van der Waals surface area contributed by atoms with Gasteiger partial charge in [-0.1, -0.05) is 185 Å². The lowest BCUT2D eigenvalue weighted by Crippen LogP contribution is -2.30. The standard InChI is InChI=1S/C88H90N2O10/c1-2-3-4-5-6-23-48-95-76-40-36-66(37-41-76)85-89-90-86(100-85)71-62-69(67-38-42-79-77-32-19-21-34-81(77)87(83(79)64-67,44-49-91-53-57-96-72-24-11-7-12-25-72)45-50-92-54-58-97-73-26-13-8-14-27-73)61-70(63-71)68-39-43-80-78-33-20-22-35-82(78)88(84(80)65-68,46-51-93-55-59-98-74-28-15-9-16-29-74)47-52-94-56-60-99-75-30-17-10-18-31-75/h7-22,24-43,61-65H,2-6,23,44-60H2,1H3. The minimum Gasteiger partial charge on any atom is -0.494 e. The second-order valence-electron chi connectivity index (χ2n) is 25.7. The molecule has 0 fully saturated rings. The monoisotopic (exact) mass is 1330 g/mol. The van der Waals surface area contributed by atoms with Crippen molar-refractivity contribution in [3.05, 3.63) is 271 Å². The van der Waals surface area contributed by atoms with E-state index in [1.165, 1.54) is 76.6 Å². The Morgan fingerprint density at radius 1 is 0.260 bits per heavy atom. The molecular formula is C88H90N2O10. The summed E-state index contributed by atoms with van der Waals surface area (Å²) >= 11 is 0. The van der Waals surface area contributed by atoms with Crippen molar-refractivity contribution in [3.63, 3.8) is 0 Å². The van der Waals surface area contributed by atoms with Gasteiger partial charge in [-0.05, 0) is 202 Å².